The highest BCUT2D eigenvalue weighted by atomic mass is 35.5. The van der Waals surface area contributed by atoms with Crippen molar-refractivity contribution in [1.29, 1.82) is 0 Å². The van der Waals surface area contributed by atoms with Crippen LogP contribution in [-0.2, 0) is 9.84 Å². The van der Waals surface area contributed by atoms with Gasteiger partial charge in [0.2, 0.25) is 0 Å². The fourth-order valence-electron chi connectivity index (χ4n) is 2.61. The van der Waals surface area contributed by atoms with Crippen molar-refractivity contribution in [3.8, 4) is 0 Å². The molecule has 2 aliphatic rings. The molecule has 0 radical (unpaired) electrons. The average Bonchev–Trinajstić information content (AvgIpc) is 3.16. The molecule has 1 saturated carbocycles. The first-order valence-corrected chi connectivity index (χ1v) is 9.08. The Morgan fingerprint density at radius 3 is 2.60 bits per heavy atom. The van der Waals surface area contributed by atoms with Gasteiger partial charge in [0.15, 0.2) is 9.84 Å². The maximum absolute atomic E-state index is 11.7. The molecule has 2 fully saturated rings. The zero-order valence-corrected chi connectivity index (χ0v) is 13.2. The maximum Gasteiger partial charge on any atom is 0.154 e. The Balaban J connectivity index is 1.97. The summed E-state index contributed by atoms with van der Waals surface area (Å²) in [6.07, 6.45) is 2.23. The SMILES string of the molecule is Cc1c(Cl)nc(C2CC2)nc1N1CCS(=O)(=O)CC1C. The molecule has 0 N–H and O–H groups in total. The van der Waals surface area contributed by atoms with Gasteiger partial charge in [0, 0.05) is 24.1 Å². The molecular formula is C13H18ClN3O2S. The predicted molar refractivity (Wildman–Crippen MR) is 79.2 cm³/mol. The van der Waals surface area contributed by atoms with Gasteiger partial charge in [0.05, 0.1) is 11.5 Å². The maximum atomic E-state index is 11.7. The molecule has 0 bridgehead atoms. The van der Waals surface area contributed by atoms with Crippen molar-refractivity contribution in [2.45, 2.75) is 38.6 Å². The summed E-state index contributed by atoms with van der Waals surface area (Å²) in [5.74, 6) is 2.38. The Bertz CT molecular complexity index is 643. The average molecular weight is 316 g/mol. The first kappa shape index (κ1) is 14.1. The smallest absolute Gasteiger partial charge is 0.154 e. The summed E-state index contributed by atoms with van der Waals surface area (Å²) in [5.41, 5.74) is 0.835. The molecule has 1 saturated heterocycles. The van der Waals surface area contributed by atoms with Crippen LogP contribution in [-0.4, -0.2) is 42.5 Å². The van der Waals surface area contributed by atoms with E-state index >= 15 is 0 Å². The third kappa shape index (κ3) is 2.63. The molecule has 1 aromatic heterocycles. The van der Waals surface area contributed by atoms with Crippen LogP contribution in [0.25, 0.3) is 0 Å². The minimum Gasteiger partial charge on any atom is -0.351 e. The minimum absolute atomic E-state index is 0.0783. The molecule has 5 nitrogen and oxygen atoms in total. The topological polar surface area (TPSA) is 63.2 Å². The second-order valence-electron chi connectivity index (χ2n) is 5.75. The van der Waals surface area contributed by atoms with Gasteiger partial charge in [-0.3, -0.25) is 0 Å². The van der Waals surface area contributed by atoms with Crippen molar-refractivity contribution in [1.82, 2.24) is 9.97 Å². The molecule has 7 heteroatoms. The second kappa shape index (κ2) is 4.84. The standard InChI is InChI=1S/C13H18ClN3O2S/c1-8-7-20(18,19)6-5-17(8)13-9(2)11(14)15-12(16-13)10-3-4-10/h8,10H,3-7H2,1-2H3. The number of sulfone groups is 1. The van der Waals surface area contributed by atoms with Crippen molar-refractivity contribution >= 4 is 27.3 Å². The van der Waals surface area contributed by atoms with Gasteiger partial charge in [0.1, 0.15) is 16.8 Å². The molecule has 2 heterocycles. The molecule has 1 aromatic rings. The summed E-state index contributed by atoms with van der Waals surface area (Å²) in [6.45, 7) is 4.29. The number of halogens is 1. The predicted octanol–water partition coefficient (Wildman–Crippen LogP) is 1.94. The zero-order valence-electron chi connectivity index (χ0n) is 11.6. The largest absolute Gasteiger partial charge is 0.351 e. The van der Waals surface area contributed by atoms with Gasteiger partial charge >= 0.3 is 0 Å². The Hall–Kier alpha value is -0.880. The molecule has 110 valence electrons. The lowest BCUT2D eigenvalue weighted by Crippen LogP contribution is -2.47. The fourth-order valence-corrected chi connectivity index (χ4v) is 4.34. The van der Waals surface area contributed by atoms with Crippen LogP contribution in [0.15, 0.2) is 0 Å². The van der Waals surface area contributed by atoms with E-state index in [1.54, 1.807) is 0 Å². The fraction of sp³-hybridized carbons (Fsp3) is 0.692. The third-order valence-electron chi connectivity index (χ3n) is 3.96. The quantitative estimate of drug-likeness (QED) is 0.780. The van der Waals surface area contributed by atoms with Gasteiger partial charge in [0.25, 0.3) is 0 Å². The second-order valence-corrected chi connectivity index (χ2v) is 8.34. The van der Waals surface area contributed by atoms with E-state index in [1.807, 2.05) is 13.8 Å². The summed E-state index contributed by atoms with van der Waals surface area (Å²) < 4.78 is 23.4. The van der Waals surface area contributed by atoms with Gasteiger partial charge in [-0.25, -0.2) is 18.4 Å². The van der Waals surface area contributed by atoms with E-state index in [9.17, 15) is 8.42 Å². The Morgan fingerprint density at radius 1 is 1.30 bits per heavy atom. The number of anilines is 1. The highest BCUT2D eigenvalue weighted by Gasteiger charge is 2.33. The molecule has 1 unspecified atom stereocenters. The van der Waals surface area contributed by atoms with Crippen molar-refractivity contribution in [2.24, 2.45) is 0 Å². The Labute approximate surface area is 124 Å². The van der Waals surface area contributed by atoms with E-state index in [0.717, 1.165) is 30.0 Å². The van der Waals surface area contributed by atoms with Crippen LogP contribution in [0.1, 0.15) is 37.1 Å². The van der Waals surface area contributed by atoms with Gasteiger partial charge in [-0.05, 0) is 26.7 Å². The Kier molecular flexibility index (Phi) is 3.41. The highest BCUT2D eigenvalue weighted by molar-refractivity contribution is 7.91. The number of hydrogen-bond donors (Lipinski definition) is 0. The van der Waals surface area contributed by atoms with Gasteiger partial charge in [-0.1, -0.05) is 11.6 Å². The molecule has 0 spiro atoms. The van der Waals surface area contributed by atoms with Gasteiger partial charge in [-0.15, -0.1) is 0 Å². The van der Waals surface area contributed by atoms with Crippen LogP contribution in [0.4, 0.5) is 5.82 Å². The lowest BCUT2D eigenvalue weighted by atomic mass is 10.2. The van der Waals surface area contributed by atoms with E-state index in [2.05, 4.69) is 14.9 Å². The van der Waals surface area contributed by atoms with E-state index < -0.39 is 9.84 Å². The highest BCUT2D eigenvalue weighted by Crippen LogP contribution is 2.40. The molecule has 3 rings (SSSR count). The molecular weight excluding hydrogens is 298 g/mol. The molecule has 0 aromatic carbocycles. The summed E-state index contributed by atoms with van der Waals surface area (Å²) >= 11 is 6.22. The summed E-state index contributed by atoms with van der Waals surface area (Å²) in [5, 5.41) is 0.484. The normalized spacial score (nSPS) is 25.8. The van der Waals surface area contributed by atoms with Crippen LogP contribution in [0.5, 0.6) is 0 Å². The van der Waals surface area contributed by atoms with Crippen LogP contribution in [0.2, 0.25) is 5.15 Å². The first-order chi connectivity index (χ1) is 9.37. The lowest BCUT2D eigenvalue weighted by Gasteiger charge is -2.35. The van der Waals surface area contributed by atoms with Gasteiger partial charge < -0.3 is 4.90 Å². The van der Waals surface area contributed by atoms with E-state index in [0.29, 0.717) is 17.6 Å². The number of rotatable bonds is 2. The summed E-state index contributed by atoms with van der Waals surface area (Å²) in [6, 6.07) is -0.0783. The molecule has 1 atom stereocenters. The van der Waals surface area contributed by atoms with Crippen molar-refractivity contribution in [2.75, 3.05) is 23.0 Å². The van der Waals surface area contributed by atoms with Crippen molar-refractivity contribution < 1.29 is 8.42 Å². The Morgan fingerprint density at radius 2 is 2.00 bits per heavy atom. The zero-order chi connectivity index (χ0) is 14.5. The minimum atomic E-state index is -2.93. The van der Waals surface area contributed by atoms with E-state index in [1.165, 1.54) is 0 Å². The van der Waals surface area contributed by atoms with Crippen LogP contribution in [0, 0.1) is 6.92 Å². The first-order valence-electron chi connectivity index (χ1n) is 6.88. The lowest BCUT2D eigenvalue weighted by molar-refractivity contribution is 0.566. The van der Waals surface area contributed by atoms with Crippen molar-refractivity contribution in [3.63, 3.8) is 0 Å². The monoisotopic (exact) mass is 315 g/mol. The third-order valence-corrected chi connectivity index (χ3v) is 6.13. The van der Waals surface area contributed by atoms with E-state index in [-0.39, 0.29) is 17.5 Å². The van der Waals surface area contributed by atoms with E-state index in [4.69, 9.17) is 11.6 Å². The van der Waals surface area contributed by atoms with Crippen molar-refractivity contribution in [3.05, 3.63) is 16.5 Å². The number of nitrogens with zero attached hydrogens (tertiary/aromatic N) is 3. The number of hydrogen-bond acceptors (Lipinski definition) is 5. The molecule has 20 heavy (non-hydrogen) atoms. The van der Waals surface area contributed by atoms with Gasteiger partial charge in [-0.2, -0.15) is 0 Å². The number of aromatic nitrogens is 2. The summed E-state index contributed by atoms with van der Waals surface area (Å²) in [4.78, 5) is 11.1. The molecule has 1 aliphatic carbocycles. The van der Waals surface area contributed by atoms with Crippen LogP contribution < -0.4 is 4.90 Å². The van der Waals surface area contributed by atoms with Crippen LogP contribution >= 0.6 is 11.6 Å². The van der Waals surface area contributed by atoms with Crippen LogP contribution in [0.3, 0.4) is 0 Å². The summed E-state index contributed by atoms with van der Waals surface area (Å²) in [7, 11) is -2.93. The molecule has 1 aliphatic heterocycles. The molecule has 0 amide bonds.